The van der Waals surface area contributed by atoms with E-state index in [0.717, 1.165) is 29.0 Å². The third-order valence-electron chi connectivity index (χ3n) is 4.82. The number of halogens is 4. The van der Waals surface area contributed by atoms with Gasteiger partial charge in [0, 0.05) is 17.0 Å². The summed E-state index contributed by atoms with van der Waals surface area (Å²) in [6.45, 7) is 1.90. The topological polar surface area (TPSA) is 17.8 Å². The first-order chi connectivity index (χ1) is 14.8. The molecule has 1 aromatic heterocycles. The van der Waals surface area contributed by atoms with Crippen LogP contribution in [0.25, 0.3) is 16.9 Å². The molecule has 0 fully saturated rings. The van der Waals surface area contributed by atoms with Crippen LogP contribution >= 0.6 is 11.8 Å². The summed E-state index contributed by atoms with van der Waals surface area (Å²) in [4.78, 5) is 4.73. The van der Waals surface area contributed by atoms with Crippen molar-refractivity contribution in [3.8, 4) is 16.9 Å². The van der Waals surface area contributed by atoms with Crippen molar-refractivity contribution in [1.82, 2.24) is 9.55 Å². The number of nitrogens with zero attached hydrogens (tertiary/aromatic N) is 2. The second-order valence-electron chi connectivity index (χ2n) is 7.00. The van der Waals surface area contributed by atoms with Crippen molar-refractivity contribution in [3.05, 3.63) is 102 Å². The summed E-state index contributed by atoms with van der Waals surface area (Å²) in [7, 11) is 0. The molecule has 0 aliphatic carbocycles. The number of alkyl halides is 3. The first-order valence-corrected chi connectivity index (χ1v) is 10.4. The number of imidazole rings is 1. The third kappa shape index (κ3) is 4.82. The van der Waals surface area contributed by atoms with Crippen molar-refractivity contribution in [2.24, 2.45) is 0 Å². The number of rotatable bonds is 5. The molecule has 4 aromatic rings. The quantitative estimate of drug-likeness (QED) is 0.235. The molecule has 4 rings (SSSR count). The molecule has 0 saturated carbocycles. The van der Waals surface area contributed by atoms with Gasteiger partial charge in [-0.1, -0.05) is 60.3 Å². The van der Waals surface area contributed by atoms with Crippen LogP contribution in [0.2, 0.25) is 0 Å². The summed E-state index contributed by atoms with van der Waals surface area (Å²) >= 11 is 1.40. The Balaban J connectivity index is 1.68. The van der Waals surface area contributed by atoms with Gasteiger partial charge >= 0.3 is 6.18 Å². The summed E-state index contributed by atoms with van der Waals surface area (Å²) in [6.07, 6.45) is -2.53. The van der Waals surface area contributed by atoms with Crippen LogP contribution in [0.3, 0.4) is 0 Å². The summed E-state index contributed by atoms with van der Waals surface area (Å²) in [5.74, 6) is -0.362. The summed E-state index contributed by atoms with van der Waals surface area (Å²) < 4.78 is 54.2. The fraction of sp³-hybridized carbons (Fsp3) is 0.125. The van der Waals surface area contributed by atoms with Crippen molar-refractivity contribution in [3.63, 3.8) is 0 Å². The molecule has 0 N–H and O–H groups in total. The first kappa shape index (κ1) is 21.2. The number of thioether (sulfide) groups is 1. The van der Waals surface area contributed by atoms with Crippen LogP contribution in [-0.4, -0.2) is 9.55 Å². The van der Waals surface area contributed by atoms with Crippen molar-refractivity contribution < 1.29 is 17.6 Å². The van der Waals surface area contributed by atoms with E-state index < -0.39 is 11.7 Å². The standard InChI is InChI=1S/C24H18F4N2S/c1-16(17-10-12-19(13-11-17)24(26,27)28)31-23-29-22(18-6-3-2-4-7-18)15-30(23)21-9-5-8-20(25)14-21/h2-16H,1H3. The predicted octanol–water partition coefficient (Wildman–Crippen LogP) is 7.55. The SMILES string of the molecule is CC(Sc1nc(-c2ccccc2)cn1-c1cccc(F)c1)c1ccc(C(F)(F)F)cc1. The van der Waals surface area contributed by atoms with E-state index in [1.165, 1.54) is 36.0 Å². The van der Waals surface area contributed by atoms with Gasteiger partial charge in [-0.05, 0) is 42.8 Å². The Morgan fingerprint density at radius 3 is 2.26 bits per heavy atom. The summed E-state index contributed by atoms with van der Waals surface area (Å²) in [5, 5.41) is 0.456. The fourth-order valence-corrected chi connectivity index (χ4v) is 4.21. The van der Waals surface area contributed by atoms with E-state index in [2.05, 4.69) is 0 Å². The van der Waals surface area contributed by atoms with Crippen LogP contribution in [-0.2, 0) is 6.18 Å². The van der Waals surface area contributed by atoms with E-state index in [1.54, 1.807) is 16.7 Å². The number of aromatic nitrogens is 2. The molecule has 1 heterocycles. The van der Waals surface area contributed by atoms with Gasteiger partial charge in [-0.25, -0.2) is 9.37 Å². The Morgan fingerprint density at radius 2 is 1.61 bits per heavy atom. The lowest BCUT2D eigenvalue weighted by Gasteiger charge is -2.14. The molecule has 0 spiro atoms. The molecule has 0 radical (unpaired) electrons. The van der Waals surface area contributed by atoms with Crippen LogP contribution in [0.5, 0.6) is 0 Å². The maximum absolute atomic E-state index is 13.8. The maximum atomic E-state index is 13.8. The minimum atomic E-state index is -4.37. The molecule has 31 heavy (non-hydrogen) atoms. The fourth-order valence-electron chi connectivity index (χ4n) is 3.17. The Kier molecular flexibility index (Phi) is 5.87. The minimum Gasteiger partial charge on any atom is -0.294 e. The Hall–Kier alpha value is -3.06. The Morgan fingerprint density at radius 1 is 0.903 bits per heavy atom. The van der Waals surface area contributed by atoms with Gasteiger partial charge < -0.3 is 0 Å². The summed E-state index contributed by atoms with van der Waals surface area (Å²) in [5.41, 5.74) is 2.33. The van der Waals surface area contributed by atoms with Gasteiger partial charge in [0.15, 0.2) is 5.16 Å². The second kappa shape index (κ2) is 8.59. The van der Waals surface area contributed by atoms with Gasteiger partial charge in [-0.15, -0.1) is 0 Å². The van der Waals surface area contributed by atoms with Crippen LogP contribution < -0.4 is 0 Å². The molecule has 0 aliphatic heterocycles. The molecule has 158 valence electrons. The molecular formula is C24H18F4N2S. The Labute approximate surface area is 181 Å². The zero-order valence-corrected chi connectivity index (χ0v) is 17.3. The molecule has 0 saturated heterocycles. The van der Waals surface area contributed by atoms with Gasteiger partial charge in [0.2, 0.25) is 0 Å². The third-order valence-corrected chi connectivity index (χ3v) is 5.94. The Bertz CT molecular complexity index is 1170. The molecule has 7 heteroatoms. The van der Waals surface area contributed by atoms with E-state index in [-0.39, 0.29) is 11.1 Å². The number of benzene rings is 3. The molecule has 2 nitrogen and oxygen atoms in total. The van der Waals surface area contributed by atoms with Gasteiger partial charge in [0.1, 0.15) is 5.82 Å². The first-order valence-electron chi connectivity index (χ1n) is 9.56. The molecule has 0 bridgehead atoms. The van der Waals surface area contributed by atoms with E-state index in [0.29, 0.717) is 10.8 Å². The maximum Gasteiger partial charge on any atom is 0.416 e. The van der Waals surface area contributed by atoms with Crippen LogP contribution in [0.4, 0.5) is 17.6 Å². The molecule has 3 aromatic carbocycles. The highest BCUT2D eigenvalue weighted by Crippen LogP contribution is 2.38. The molecular weight excluding hydrogens is 424 g/mol. The average Bonchev–Trinajstić information content (AvgIpc) is 3.17. The van der Waals surface area contributed by atoms with Crippen molar-refractivity contribution in [2.45, 2.75) is 23.5 Å². The van der Waals surface area contributed by atoms with E-state index in [4.69, 9.17) is 4.98 Å². The molecule has 0 amide bonds. The zero-order chi connectivity index (χ0) is 22.0. The highest BCUT2D eigenvalue weighted by molar-refractivity contribution is 7.99. The highest BCUT2D eigenvalue weighted by atomic mass is 32.2. The van der Waals surface area contributed by atoms with Crippen molar-refractivity contribution in [1.29, 1.82) is 0 Å². The average molecular weight is 442 g/mol. The van der Waals surface area contributed by atoms with Crippen LogP contribution in [0.15, 0.2) is 90.2 Å². The van der Waals surface area contributed by atoms with Crippen molar-refractivity contribution in [2.75, 3.05) is 0 Å². The monoisotopic (exact) mass is 442 g/mol. The predicted molar refractivity (Wildman–Crippen MR) is 115 cm³/mol. The largest absolute Gasteiger partial charge is 0.416 e. The smallest absolute Gasteiger partial charge is 0.294 e. The molecule has 1 unspecified atom stereocenters. The second-order valence-corrected chi connectivity index (χ2v) is 8.31. The van der Waals surface area contributed by atoms with E-state index in [1.807, 2.05) is 43.5 Å². The normalized spacial score (nSPS) is 12.7. The van der Waals surface area contributed by atoms with Gasteiger partial charge in [0.05, 0.1) is 16.9 Å². The van der Waals surface area contributed by atoms with Crippen molar-refractivity contribution >= 4 is 11.8 Å². The van der Waals surface area contributed by atoms with Gasteiger partial charge in [0.25, 0.3) is 0 Å². The molecule has 1 atom stereocenters. The lowest BCUT2D eigenvalue weighted by Crippen LogP contribution is -2.04. The van der Waals surface area contributed by atoms with E-state index >= 15 is 0 Å². The van der Waals surface area contributed by atoms with Crippen LogP contribution in [0.1, 0.15) is 23.3 Å². The van der Waals surface area contributed by atoms with Gasteiger partial charge in [-0.2, -0.15) is 13.2 Å². The lowest BCUT2D eigenvalue weighted by atomic mass is 10.1. The van der Waals surface area contributed by atoms with Gasteiger partial charge in [-0.3, -0.25) is 4.57 Å². The van der Waals surface area contributed by atoms with E-state index in [9.17, 15) is 17.6 Å². The number of hydrogen-bond acceptors (Lipinski definition) is 2. The lowest BCUT2D eigenvalue weighted by molar-refractivity contribution is -0.137. The number of hydrogen-bond donors (Lipinski definition) is 0. The highest BCUT2D eigenvalue weighted by Gasteiger charge is 2.30. The minimum absolute atomic E-state index is 0.166. The summed E-state index contributed by atoms with van der Waals surface area (Å²) in [6, 6.07) is 20.9. The molecule has 0 aliphatic rings. The van der Waals surface area contributed by atoms with Crippen LogP contribution in [0, 0.1) is 5.82 Å². The zero-order valence-electron chi connectivity index (χ0n) is 16.5.